The third-order valence-electron chi connectivity index (χ3n) is 3.04. The van der Waals surface area contributed by atoms with E-state index in [4.69, 9.17) is 15.2 Å². The average molecular weight is 296 g/mol. The van der Waals surface area contributed by atoms with Crippen LogP contribution in [0, 0.1) is 0 Å². The Hall–Kier alpha value is -1.56. The first-order valence-corrected chi connectivity index (χ1v) is 7.63. The fourth-order valence-electron chi connectivity index (χ4n) is 1.74. The van der Waals surface area contributed by atoms with Gasteiger partial charge in [-0.25, -0.2) is 4.98 Å². The zero-order valence-corrected chi connectivity index (χ0v) is 13.6. The lowest BCUT2D eigenvalue weighted by molar-refractivity contribution is 0.131. The van der Waals surface area contributed by atoms with Crippen molar-refractivity contribution in [3.05, 3.63) is 5.82 Å². The molecular formula is C15H28N4O2. The second-order valence-electron chi connectivity index (χ2n) is 5.25. The van der Waals surface area contributed by atoms with Crippen LogP contribution in [0.1, 0.15) is 51.8 Å². The van der Waals surface area contributed by atoms with Crippen LogP contribution in [-0.2, 0) is 4.74 Å². The Balaban J connectivity index is 2.52. The first kappa shape index (κ1) is 17.5. The molecule has 0 amide bonds. The number of aromatic nitrogens is 2. The van der Waals surface area contributed by atoms with Gasteiger partial charge in [0.05, 0.1) is 7.11 Å². The number of nitrogens with zero attached hydrogens (tertiary/aromatic N) is 2. The Morgan fingerprint density at radius 2 is 1.90 bits per heavy atom. The van der Waals surface area contributed by atoms with Crippen LogP contribution in [0.25, 0.3) is 0 Å². The van der Waals surface area contributed by atoms with E-state index in [1.54, 1.807) is 7.11 Å². The third kappa shape index (κ3) is 5.75. The van der Waals surface area contributed by atoms with Crippen LogP contribution in [0.4, 0.5) is 11.5 Å². The van der Waals surface area contributed by atoms with Gasteiger partial charge in [0.2, 0.25) is 5.88 Å². The first-order chi connectivity index (χ1) is 10.1. The number of nitrogens with one attached hydrogen (secondary N) is 1. The van der Waals surface area contributed by atoms with Crippen molar-refractivity contribution in [1.29, 1.82) is 0 Å². The minimum absolute atomic E-state index is 0.220. The van der Waals surface area contributed by atoms with Crippen LogP contribution in [0.15, 0.2) is 0 Å². The number of nitrogens with two attached hydrogens (primary N) is 1. The highest BCUT2D eigenvalue weighted by Gasteiger charge is 2.13. The number of ether oxygens (including phenoxy) is 2. The topological polar surface area (TPSA) is 82.3 Å². The van der Waals surface area contributed by atoms with E-state index in [1.165, 1.54) is 0 Å². The van der Waals surface area contributed by atoms with Crippen LogP contribution in [-0.4, -0.2) is 36.8 Å². The number of methoxy groups -OCH3 is 1. The zero-order valence-electron chi connectivity index (χ0n) is 13.6. The van der Waals surface area contributed by atoms with Crippen molar-refractivity contribution in [3.63, 3.8) is 0 Å². The van der Waals surface area contributed by atoms with Crippen molar-refractivity contribution in [2.24, 2.45) is 0 Å². The molecule has 1 aromatic rings. The summed E-state index contributed by atoms with van der Waals surface area (Å²) in [5.74, 6) is 2.01. The van der Waals surface area contributed by atoms with Gasteiger partial charge in [0.15, 0.2) is 5.82 Å². The lowest BCUT2D eigenvalue weighted by Gasteiger charge is -2.14. The molecule has 0 radical (unpaired) electrons. The van der Waals surface area contributed by atoms with Crippen LogP contribution in [0.5, 0.6) is 5.88 Å². The molecule has 6 nitrogen and oxygen atoms in total. The summed E-state index contributed by atoms with van der Waals surface area (Å²) >= 11 is 0. The van der Waals surface area contributed by atoms with Gasteiger partial charge < -0.3 is 20.5 Å². The van der Waals surface area contributed by atoms with Crippen molar-refractivity contribution < 1.29 is 9.47 Å². The van der Waals surface area contributed by atoms with Gasteiger partial charge in [-0.05, 0) is 12.8 Å². The van der Waals surface area contributed by atoms with Crippen molar-refractivity contribution in [1.82, 2.24) is 9.97 Å². The number of hydrogen-bond acceptors (Lipinski definition) is 6. The Kier molecular flexibility index (Phi) is 7.82. The Bertz CT molecular complexity index is 424. The summed E-state index contributed by atoms with van der Waals surface area (Å²) in [5.41, 5.74) is 6.45. The predicted molar refractivity (Wildman–Crippen MR) is 85.9 cm³/mol. The molecule has 0 aromatic carbocycles. The molecule has 120 valence electrons. The molecule has 0 saturated carbocycles. The summed E-state index contributed by atoms with van der Waals surface area (Å²) in [7, 11) is 1.56. The molecule has 0 aliphatic rings. The molecule has 6 heteroatoms. The van der Waals surface area contributed by atoms with E-state index in [1.807, 2.05) is 13.8 Å². The van der Waals surface area contributed by atoms with E-state index < -0.39 is 0 Å². The average Bonchev–Trinajstić information content (AvgIpc) is 2.47. The highest BCUT2D eigenvalue weighted by molar-refractivity contribution is 5.66. The van der Waals surface area contributed by atoms with E-state index in [0.29, 0.717) is 17.4 Å². The molecule has 0 spiro atoms. The largest absolute Gasteiger partial charge is 0.479 e. The molecule has 0 bridgehead atoms. The van der Waals surface area contributed by atoms with Crippen LogP contribution in [0.2, 0.25) is 0 Å². The van der Waals surface area contributed by atoms with E-state index in [0.717, 1.165) is 44.8 Å². The normalized spacial score (nSPS) is 10.9. The van der Waals surface area contributed by atoms with Crippen molar-refractivity contribution in [2.75, 3.05) is 37.9 Å². The summed E-state index contributed by atoms with van der Waals surface area (Å²) in [6.45, 7) is 8.56. The molecule has 0 aliphatic heterocycles. The maximum Gasteiger partial charge on any atom is 0.242 e. The first-order valence-electron chi connectivity index (χ1n) is 7.63. The molecular weight excluding hydrogens is 268 g/mol. The van der Waals surface area contributed by atoms with E-state index in [-0.39, 0.29) is 5.92 Å². The maximum absolute atomic E-state index is 6.00. The minimum atomic E-state index is 0.220. The molecule has 0 unspecified atom stereocenters. The summed E-state index contributed by atoms with van der Waals surface area (Å²) in [4.78, 5) is 8.77. The summed E-state index contributed by atoms with van der Waals surface area (Å²) < 4.78 is 10.7. The molecule has 1 rings (SSSR count). The second-order valence-corrected chi connectivity index (χ2v) is 5.25. The number of rotatable bonds is 10. The lowest BCUT2D eigenvalue weighted by Crippen LogP contribution is -2.12. The van der Waals surface area contributed by atoms with Gasteiger partial charge in [-0.3, -0.25) is 0 Å². The van der Waals surface area contributed by atoms with Gasteiger partial charge in [-0.2, -0.15) is 4.98 Å². The molecule has 1 aromatic heterocycles. The van der Waals surface area contributed by atoms with Crippen LogP contribution < -0.4 is 15.8 Å². The van der Waals surface area contributed by atoms with Gasteiger partial charge >= 0.3 is 0 Å². The number of unbranched alkanes of at least 4 members (excludes halogenated alkanes) is 1. The molecule has 1 heterocycles. The van der Waals surface area contributed by atoms with Gasteiger partial charge in [0.25, 0.3) is 0 Å². The number of hydrogen-bond donors (Lipinski definition) is 2. The SMILES string of the molecule is CCCCOCCCNc1nc(C(C)C)nc(OC)c1N. The number of nitrogen functional groups attached to an aromatic ring is 1. The smallest absolute Gasteiger partial charge is 0.242 e. The molecule has 21 heavy (non-hydrogen) atoms. The summed E-state index contributed by atoms with van der Waals surface area (Å²) in [6.07, 6.45) is 3.18. The predicted octanol–water partition coefficient (Wildman–Crippen LogP) is 2.81. The summed E-state index contributed by atoms with van der Waals surface area (Å²) in [6, 6.07) is 0. The standard InChI is InChI=1S/C15H28N4O2/c1-5-6-9-21-10-7-8-17-14-12(16)15(20-4)19-13(18-14)11(2)3/h11H,5-10,16H2,1-4H3,(H,17,18,19). The quantitative estimate of drug-likeness (QED) is 0.646. The number of anilines is 2. The molecule has 3 N–H and O–H groups in total. The summed E-state index contributed by atoms with van der Waals surface area (Å²) in [5, 5.41) is 3.24. The van der Waals surface area contributed by atoms with Crippen LogP contribution in [0.3, 0.4) is 0 Å². The maximum atomic E-state index is 6.00. The van der Waals surface area contributed by atoms with Crippen molar-refractivity contribution in [2.45, 2.75) is 46.0 Å². The Morgan fingerprint density at radius 1 is 1.19 bits per heavy atom. The van der Waals surface area contributed by atoms with Gasteiger partial charge in [-0.1, -0.05) is 27.2 Å². The second kappa shape index (κ2) is 9.39. The molecule has 0 atom stereocenters. The molecule has 0 aliphatic carbocycles. The minimum Gasteiger partial charge on any atom is -0.479 e. The highest BCUT2D eigenvalue weighted by Crippen LogP contribution is 2.27. The zero-order chi connectivity index (χ0) is 15.7. The monoisotopic (exact) mass is 296 g/mol. The van der Waals surface area contributed by atoms with E-state index in [2.05, 4.69) is 22.2 Å². The fourth-order valence-corrected chi connectivity index (χ4v) is 1.74. The lowest BCUT2D eigenvalue weighted by atomic mass is 10.2. The highest BCUT2D eigenvalue weighted by atomic mass is 16.5. The fraction of sp³-hybridized carbons (Fsp3) is 0.733. The van der Waals surface area contributed by atoms with E-state index >= 15 is 0 Å². The van der Waals surface area contributed by atoms with Gasteiger partial charge in [0, 0.05) is 25.7 Å². The molecule has 0 fully saturated rings. The van der Waals surface area contributed by atoms with Crippen molar-refractivity contribution in [3.8, 4) is 5.88 Å². The Morgan fingerprint density at radius 3 is 2.52 bits per heavy atom. The van der Waals surface area contributed by atoms with Crippen molar-refractivity contribution >= 4 is 11.5 Å². The molecule has 0 saturated heterocycles. The van der Waals surface area contributed by atoms with Gasteiger partial charge in [-0.15, -0.1) is 0 Å². The Labute approximate surface area is 127 Å². The third-order valence-corrected chi connectivity index (χ3v) is 3.04. The van der Waals surface area contributed by atoms with E-state index in [9.17, 15) is 0 Å². The van der Waals surface area contributed by atoms with Crippen LogP contribution >= 0.6 is 0 Å². The van der Waals surface area contributed by atoms with Gasteiger partial charge in [0.1, 0.15) is 11.5 Å².